The summed E-state index contributed by atoms with van der Waals surface area (Å²) in [6.07, 6.45) is 19.5. The fourth-order valence-corrected chi connectivity index (χ4v) is 4.81. The van der Waals surface area contributed by atoms with Gasteiger partial charge in [0.1, 0.15) is 6.61 Å². The molecule has 1 heterocycles. The van der Waals surface area contributed by atoms with Crippen molar-refractivity contribution in [3.05, 3.63) is 48.3 Å². The van der Waals surface area contributed by atoms with Crippen molar-refractivity contribution >= 4 is 29.8 Å². The summed E-state index contributed by atoms with van der Waals surface area (Å²) in [5.74, 6) is 7.39. The molecule has 0 aromatic carbocycles. The molecule has 35 heavy (non-hydrogen) atoms. The monoisotopic (exact) mass is 588 g/mol. The zero-order valence-electron chi connectivity index (χ0n) is 24.2. The van der Waals surface area contributed by atoms with Crippen LogP contribution in [0.3, 0.4) is 0 Å². The van der Waals surface area contributed by atoms with E-state index in [4.69, 9.17) is 4.74 Å². The Morgan fingerprint density at radius 1 is 0.914 bits per heavy atom. The topological polar surface area (TPSA) is 21.6 Å². The summed E-state index contributed by atoms with van der Waals surface area (Å²) in [4.78, 5) is 4.48. The molecular formula is C32H54NOSn. The first kappa shape index (κ1) is 32.6. The second-order valence-corrected chi connectivity index (χ2v) is 12.4. The van der Waals surface area contributed by atoms with E-state index < -0.39 is 0 Å². The van der Waals surface area contributed by atoms with E-state index in [9.17, 15) is 0 Å². The Labute approximate surface area is 237 Å². The van der Waals surface area contributed by atoms with Gasteiger partial charge < -0.3 is 4.74 Å². The van der Waals surface area contributed by atoms with Gasteiger partial charge in [0.15, 0.2) is 0 Å². The summed E-state index contributed by atoms with van der Waals surface area (Å²) < 4.78 is 5.51. The average Bonchev–Trinajstić information content (AvgIpc) is 3.15. The van der Waals surface area contributed by atoms with E-state index in [1.807, 2.05) is 25.2 Å². The van der Waals surface area contributed by atoms with Crippen LogP contribution in [-0.4, -0.2) is 42.0 Å². The normalized spacial score (nSPS) is 29.7. The molecule has 3 aliphatic carbocycles. The minimum atomic E-state index is -0.0892. The maximum atomic E-state index is 5.51. The first-order chi connectivity index (χ1) is 16.0. The maximum absolute atomic E-state index is 5.51. The zero-order chi connectivity index (χ0) is 25.3. The quantitative estimate of drug-likeness (QED) is 0.239. The second-order valence-electron chi connectivity index (χ2n) is 12.4. The third-order valence-corrected chi connectivity index (χ3v) is 7.55. The molecule has 4 rings (SSSR count). The summed E-state index contributed by atoms with van der Waals surface area (Å²) in [5.41, 5.74) is 4.02. The van der Waals surface area contributed by atoms with E-state index in [1.54, 1.807) is 0 Å². The fourth-order valence-electron chi connectivity index (χ4n) is 4.81. The SMILES string of the molecule is CC(C)[C@H]1[CH]C[C@H](C)CC1.CC(C)[C@H]1[CH]C[C@H](C)CC1.C[C]1C=C=C(C2=NC(C)(C)CO2)C=C1.[HH].[Sn]. The van der Waals surface area contributed by atoms with E-state index in [2.05, 4.69) is 79.0 Å². The van der Waals surface area contributed by atoms with Crippen LogP contribution in [0, 0.1) is 54.3 Å². The second kappa shape index (κ2) is 15.7. The Balaban J connectivity index is 0.000000508. The van der Waals surface area contributed by atoms with Crippen LogP contribution in [0.25, 0.3) is 0 Å². The predicted molar refractivity (Wildman–Crippen MR) is 156 cm³/mol. The summed E-state index contributed by atoms with van der Waals surface area (Å²) in [6, 6.07) is 0. The smallest absolute Gasteiger partial charge is 0.224 e. The molecule has 0 aromatic heterocycles. The number of ether oxygens (including phenoxy) is 1. The molecule has 0 bridgehead atoms. The van der Waals surface area contributed by atoms with Crippen LogP contribution in [0.4, 0.5) is 0 Å². The Morgan fingerprint density at radius 3 is 1.74 bits per heavy atom. The van der Waals surface area contributed by atoms with Crippen LogP contribution in [0.5, 0.6) is 0 Å². The maximum Gasteiger partial charge on any atom is 0.224 e. The van der Waals surface area contributed by atoms with Gasteiger partial charge in [-0.2, -0.15) is 0 Å². The van der Waals surface area contributed by atoms with E-state index in [0.29, 0.717) is 6.61 Å². The van der Waals surface area contributed by atoms with Crippen LogP contribution in [-0.2, 0) is 4.74 Å². The van der Waals surface area contributed by atoms with Crippen molar-refractivity contribution in [3.63, 3.8) is 0 Å². The van der Waals surface area contributed by atoms with Gasteiger partial charge in [0.2, 0.25) is 5.90 Å². The molecule has 1 aliphatic heterocycles. The van der Waals surface area contributed by atoms with Crippen molar-refractivity contribution in [2.75, 3.05) is 6.61 Å². The molecule has 2 nitrogen and oxygen atoms in total. The minimum absolute atomic E-state index is 0. The van der Waals surface area contributed by atoms with Crippen molar-refractivity contribution in [1.29, 1.82) is 0 Å². The van der Waals surface area contributed by atoms with Gasteiger partial charge in [-0.3, -0.25) is 0 Å². The molecule has 197 valence electrons. The van der Waals surface area contributed by atoms with Crippen LogP contribution < -0.4 is 0 Å². The minimum Gasteiger partial charge on any atom is -0.474 e. The predicted octanol–water partition coefficient (Wildman–Crippen LogP) is 8.87. The van der Waals surface area contributed by atoms with Gasteiger partial charge in [0.25, 0.3) is 0 Å². The van der Waals surface area contributed by atoms with Crippen molar-refractivity contribution < 1.29 is 6.16 Å². The Kier molecular flexibility index (Phi) is 14.6. The Morgan fingerprint density at radius 2 is 1.43 bits per heavy atom. The van der Waals surface area contributed by atoms with Gasteiger partial charge in [-0.15, -0.1) is 5.73 Å². The average molecular weight is 588 g/mol. The standard InChI is InChI=1S/C12H14NO.2C10H19.Sn.H2/c1-9-4-6-10(7-5-9)11-13-12(2,3)8-14-11;2*1-8(2)10-6-4-9(3)5-7-10;;/h4-6H,8H2,1-3H3;2*6,8-10H,4-5,7H2,1-3H3;;1H/t;2*9-,10-;;/m.00../s1. The fraction of sp³-hybridized carbons (Fsp3) is 0.719. The van der Waals surface area contributed by atoms with Crippen molar-refractivity contribution in [3.8, 4) is 0 Å². The molecule has 2 saturated carbocycles. The third-order valence-electron chi connectivity index (χ3n) is 7.55. The Hall–Kier alpha value is -0.471. The molecule has 7 radical (unpaired) electrons. The summed E-state index contributed by atoms with van der Waals surface area (Å²) in [6.45, 7) is 20.9. The summed E-state index contributed by atoms with van der Waals surface area (Å²) >= 11 is 0. The number of nitrogens with zero attached hydrogens (tertiary/aromatic N) is 1. The molecule has 4 aliphatic rings. The van der Waals surface area contributed by atoms with Crippen LogP contribution in [0.1, 0.15) is 102 Å². The molecule has 0 N–H and O–H groups in total. The van der Waals surface area contributed by atoms with E-state index >= 15 is 0 Å². The molecule has 4 atom stereocenters. The van der Waals surface area contributed by atoms with Gasteiger partial charge in [-0.25, -0.2) is 4.99 Å². The summed E-state index contributed by atoms with van der Waals surface area (Å²) in [5, 5.41) is 0. The van der Waals surface area contributed by atoms with E-state index in [-0.39, 0.29) is 30.9 Å². The summed E-state index contributed by atoms with van der Waals surface area (Å²) in [7, 11) is 0. The van der Waals surface area contributed by atoms with Gasteiger partial charge in [-0.1, -0.05) is 67.4 Å². The molecule has 0 saturated heterocycles. The molecule has 0 spiro atoms. The number of hydrogen-bond donors (Lipinski definition) is 0. The molecule has 2 fully saturated rings. The van der Waals surface area contributed by atoms with E-state index in [0.717, 1.165) is 47.0 Å². The number of aliphatic imine (C=N–C) groups is 1. The zero-order valence-corrected chi connectivity index (χ0v) is 27.0. The van der Waals surface area contributed by atoms with Gasteiger partial charge in [0.05, 0.1) is 11.1 Å². The number of allylic oxidation sites excluding steroid dienone is 1. The molecule has 0 amide bonds. The van der Waals surface area contributed by atoms with Gasteiger partial charge >= 0.3 is 0 Å². The number of rotatable bonds is 3. The van der Waals surface area contributed by atoms with Crippen molar-refractivity contribution in [1.82, 2.24) is 0 Å². The molecule has 3 heteroatoms. The largest absolute Gasteiger partial charge is 0.474 e. The first-order valence-electron chi connectivity index (χ1n) is 13.8. The van der Waals surface area contributed by atoms with Crippen molar-refractivity contribution in [2.24, 2.45) is 40.5 Å². The Bertz CT molecular complexity index is 705. The number of hydrogen-bond acceptors (Lipinski definition) is 2. The molecular weight excluding hydrogens is 533 g/mol. The van der Waals surface area contributed by atoms with Crippen LogP contribution in [0.15, 0.2) is 34.5 Å². The molecule has 0 unspecified atom stereocenters. The van der Waals surface area contributed by atoms with E-state index in [1.165, 1.54) is 44.4 Å². The third kappa shape index (κ3) is 12.1. The van der Waals surface area contributed by atoms with Crippen molar-refractivity contribution in [2.45, 2.75) is 106 Å². The van der Waals surface area contributed by atoms with Crippen LogP contribution in [0.2, 0.25) is 0 Å². The first-order valence-corrected chi connectivity index (χ1v) is 13.8. The van der Waals surface area contributed by atoms with Crippen LogP contribution >= 0.6 is 0 Å². The molecule has 0 aromatic rings. The van der Waals surface area contributed by atoms with Gasteiger partial charge in [-0.05, 0) is 100 Å². The van der Waals surface area contributed by atoms with Gasteiger partial charge in [0, 0.05) is 31.3 Å².